The Morgan fingerprint density at radius 3 is 2.85 bits per heavy atom. The van der Waals surface area contributed by atoms with Crippen LogP contribution in [0.5, 0.6) is 0 Å². The molecule has 102 valence electrons. The lowest BCUT2D eigenvalue weighted by atomic mass is 10.1. The quantitative estimate of drug-likeness (QED) is 0.802. The highest BCUT2D eigenvalue weighted by Crippen LogP contribution is 2.38. The maximum absolute atomic E-state index is 6.20. The highest BCUT2D eigenvalue weighted by molar-refractivity contribution is 7.13. The number of pyridine rings is 1. The van der Waals surface area contributed by atoms with E-state index < -0.39 is 0 Å². The lowest BCUT2D eigenvalue weighted by molar-refractivity contribution is 0.782. The Balaban J connectivity index is 2.25. The van der Waals surface area contributed by atoms with Crippen molar-refractivity contribution in [2.75, 3.05) is 5.73 Å². The third kappa shape index (κ3) is 2.00. The zero-order chi connectivity index (χ0) is 14.1. The third-order valence-corrected chi connectivity index (χ3v) is 4.32. The number of thiophene rings is 1. The molecule has 5 heteroatoms. The third-order valence-electron chi connectivity index (χ3n) is 3.36. The molecule has 3 rings (SSSR count). The second-order valence-electron chi connectivity index (χ2n) is 4.58. The minimum atomic E-state index is 0.647. The number of nitrogens with two attached hydrogens (primary N) is 1. The molecule has 3 aromatic rings. The molecular weight excluding hydrogens is 268 g/mol. The van der Waals surface area contributed by atoms with E-state index in [0.29, 0.717) is 5.82 Å². The fourth-order valence-corrected chi connectivity index (χ4v) is 3.27. The van der Waals surface area contributed by atoms with Crippen molar-refractivity contribution >= 4 is 17.2 Å². The summed E-state index contributed by atoms with van der Waals surface area (Å²) in [5.41, 5.74) is 10.2. The lowest BCUT2D eigenvalue weighted by Gasteiger charge is -2.03. The molecule has 0 amide bonds. The summed E-state index contributed by atoms with van der Waals surface area (Å²) in [6, 6.07) is 7.98. The van der Waals surface area contributed by atoms with E-state index >= 15 is 0 Å². The van der Waals surface area contributed by atoms with Crippen LogP contribution in [0.4, 0.5) is 5.82 Å². The van der Waals surface area contributed by atoms with Crippen molar-refractivity contribution < 1.29 is 0 Å². The van der Waals surface area contributed by atoms with Gasteiger partial charge >= 0.3 is 0 Å². The minimum absolute atomic E-state index is 0.647. The van der Waals surface area contributed by atoms with Crippen molar-refractivity contribution in [2.24, 2.45) is 7.05 Å². The first-order valence-corrected chi connectivity index (χ1v) is 7.41. The average molecular weight is 284 g/mol. The molecule has 3 aromatic heterocycles. The van der Waals surface area contributed by atoms with Crippen LogP contribution in [0.15, 0.2) is 35.8 Å². The van der Waals surface area contributed by atoms with Gasteiger partial charge in [-0.05, 0) is 35.6 Å². The van der Waals surface area contributed by atoms with E-state index in [9.17, 15) is 0 Å². The van der Waals surface area contributed by atoms with Crippen molar-refractivity contribution in [3.63, 3.8) is 0 Å². The van der Waals surface area contributed by atoms with Crippen LogP contribution in [-0.4, -0.2) is 14.8 Å². The van der Waals surface area contributed by atoms with Gasteiger partial charge in [0.1, 0.15) is 11.5 Å². The summed E-state index contributed by atoms with van der Waals surface area (Å²) in [6.45, 7) is 2.15. The number of aryl methyl sites for hydroxylation is 2. The van der Waals surface area contributed by atoms with Gasteiger partial charge in [0, 0.05) is 13.2 Å². The van der Waals surface area contributed by atoms with Crippen LogP contribution in [0.3, 0.4) is 0 Å². The Hall–Kier alpha value is -2.14. The number of hydrogen-bond donors (Lipinski definition) is 1. The number of nitrogen functional groups attached to an aromatic ring is 1. The molecule has 2 N–H and O–H groups in total. The summed E-state index contributed by atoms with van der Waals surface area (Å²) in [5, 5.41) is 6.70. The van der Waals surface area contributed by atoms with Crippen molar-refractivity contribution in [1.29, 1.82) is 0 Å². The fourth-order valence-electron chi connectivity index (χ4n) is 2.28. The number of hydrogen-bond acceptors (Lipinski definition) is 4. The van der Waals surface area contributed by atoms with Crippen LogP contribution in [0.25, 0.3) is 21.8 Å². The summed E-state index contributed by atoms with van der Waals surface area (Å²) in [6.07, 6.45) is 2.76. The smallest absolute Gasteiger partial charge is 0.131 e. The van der Waals surface area contributed by atoms with Crippen LogP contribution >= 0.6 is 11.3 Å². The van der Waals surface area contributed by atoms with Crippen molar-refractivity contribution in [2.45, 2.75) is 13.3 Å². The fraction of sp³-hybridized carbons (Fsp3) is 0.200. The summed E-state index contributed by atoms with van der Waals surface area (Å²) in [5.74, 6) is 0.647. The van der Waals surface area contributed by atoms with Gasteiger partial charge in [0.2, 0.25) is 0 Å². The Morgan fingerprint density at radius 1 is 1.30 bits per heavy atom. The summed E-state index contributed by atoms with van der Waals surface area (Å²) in [4.78, 5) is 5.60. The summed E-state index contributed by atoms with van der Waals surface area (Å²) < 4.78 is 1.72. The Labute approximate surface area is 121 Å². The zero-order valence-electron chi connectivity index (χ0n) is 11.5. The average Bonchev–Trinajstić information content (AvgIpc) is 3.05. The molecule has 0 aliphatic carbocycles. The highest BCUT2D eigenvalue weighted by atomic mass is 32.1. The van der Waals surface area contributed by atoms with Crippen molar-refractivity contribution in [3.05, 3.63) is 41.4 Å². The van der Waals surface area contributed by atoms with Gasteiger partial charge in [-0.25, -0.2) is 0 Å². The van der Waals surface area contributed by atoms with E-state index in [-0.39, 0.29) is 0 Å². The van der Waals surface area contributed by atoms with Crippen LogP contribution in [-0.2, 0) is 13.5 Å². The lowest BCUT2D eigenvalue weighted by Crippen LogP contribution is -1.98. The van der Waals surface area contributed by atoms with E-state index in [4.69, 9.17) is 5.73 Å². The Kier molecular flexibility index (Phi) is 3.28. The minimum Gasteiger partial charge on any atom is -0.383 e. The first-order valence-electron chi connectivity index (χ1n) is 6.53. The second kappa shape index (κ2) is 5.09. The standard InChI is InChI=1S/C15H16N4S/c1-3-10-7-9-20-14(10)13-12(15(16)19(2)18-13)11-6-4-5-8-17-11/h4-9H,3,16H2,1-2H3. The van der Waals surface area contributed by atoms with E-state index in [1.807, 2.05) is 25.2 Å². The molecule has 0 fully saturated rings. The molecule has 0 unspecified atom stereocenters. The Bertz CT molecular complexity index is 728. The largest absolute Gasteiger partial charge is 0.383 e. The van der Waals surface area contributed by atoms with E-state index in [1.54, 1.807) is 22.2 Å². The number of anilines is 1. The van der Waals surface area contributed by atoms with E-state index in [0.717, 1.165) is 23.4 Å². The van der Waals surface area contributed by atoms with Gasteiger partial charge in [0.05, 0.1) is 16.1 Å². The maximum Gasteiger partial charge on any atom is 0.131 e. The van der Waals surface area contributed by atoms with Crippen LogP contribution in [0, 0.1) is 0 Å². The predicted molar refractivity (Wildman–Crippen MR) is 83.5 cm³/mol. The molecule has 0 aliphatic heterocycles. The summed E-state index contributed by atoms with van der Waals surface area (Å²) in [7, 11) is 1.87. The zero-order valence-corrected chi connectivity index (χ0v) is 12.3. The Morgan fingerprint density at radius 2 is 2.15 bits per heavy atom. The molecule has 0 saturated heterocycles. The van der Waals surface area contributed by atoms with E-state index in [1.165, 1.54) is 10.4 Å². The van der Waals surface area contributed by atoms with Gasteiger partial charge in [-0.3, -0.25) is 9.67 Å². The van der Waals surface area contributed by atoms with Crippen LogP contribution in [0.1, 0.15) is 12.5 Å². The molecule has 0 spiro atoms. The first kappa shape index (κ1) is 12.9. The second-order valence-corrected chi connectivity index (χ2v) is 5.49. The maximum atomic E-state index is 6.20. The number of nitrogens with zero attached hydrogens (tertiary/aromatic N) is 3. The van der Waals surface area contributed by atoms with E-state index in [2.05, 4.69) is 28.5 Å². The molecule has 3 heterocycles. The molecule has 0 atom stereocenters. The molecular formula is C15H16N4S. The molecule has 0 aliphatic rings. The highest BCUT2D eigenvalue weighted by Gasteiger charge is 2.20. The summed E-state index contributed by atoms with van der Waals surface area (Å²) >= 11 is 1.70. The van der Waals surface area contributed by atoms with Gasteiger partial charge in [0.15, 0.2) is 0 Å². The molecule has 4 nitrogen and oxygen atoms in total. The van der Waals surface area contributed by atoms with Gasteiger partial charge in [-0.2, -0.15) is 5.10 Å². The van der Waals surface area contributed by atoms with Crippen molar-refractivity contribution in [3.8, 4) is 21.8 Å². The normalized spacial score (nSPS) is 10.9. The molecule has 0 saturated carbocycles. The molecule has 20 heavy (non-hydrogen) atoms. The van der Waals surface area contributed by atoms with Gasteiger partial charge in [-0.1, -0.05) is 13.0 Å². The molecule has 0 radical (unpaired) electrons. The van der Waals surface area contributed by atoms with Crippen molar-refractivity contribution in [1.82, 2.24) is 14.8 Å². The van der Waals surface area contributed by atoms with Crippen LogP contribution < -0.4 is 5.73 Å². The van der Waals surface area contributed by atoms with Gasteiger partial charge in [-0.15, -0.1) is 11.3 Å². The van der Waals surface area contributed by atoms with Gasteiger partial charge in [0.25, 0.3) is 0 Å². The van der Waals surface area contributed by atoms with Gasteiger partial charge < -0.3 is 5.73 Å². The monoisotopic (exact) mass is 284 g/mol. The number of rotatable bonds is 3. The number of aromatic nitrogens is 3. The SMILES string of the molecule is CCc1ccsc1-c1nn(C)c(N)c1-c1ccccn1. The molecule has 0 aromatic carbocycles. The van der Waals surface area contributed by atoms with Crippen LogP contribution in [0.2, 0.25) is 0 Å². The predicted octanol–water partition coefficient (Wildman–Crippen LogP) is 3.36. The first-order chi connectivity index (χ1) is 9.72. The molecule has 0 bridgehead atoms. The topological polar surface area (TPSA) is 56.7 Å².